The van der Waals surface area contributed by atoms with Crippen molar-refractivity contribution in [2.75, 3.05) is 11.1 Å². The predicted octanol–water partition coefficient (Wildman–Crippen LogP) is 2.51. The van der Waals surface area contributed by atoms with Crippen molar-refractivity contribution in [1.29, 1.82) is 0 Å². The topological polar surface area (TPSA) is 38.0 Å². The van der Waals surface area contributed by atoms with Crippen LogP contribution in [-0.2, 0) is 0 Å². The summed E-state index contributed by atoms with van der Waals surface area (Å²) in [5, 5.41) is 3.02. The summed E-state index contributed by atoms with van der Waals surface area (Å²) in [6, 6.07) is 2.34. The second kappa shape index (κ2) is 3.44. The fourth-order valence-electron chi connectivity index (χ4n) is 1.48. The lowest BCUT2D eigenvalue weighted by atomic mass is 9.93. The standard InChI is InChI=1S/C10H12F2N2/c11-6-4-8(12)10(13)9(5-6)14-7-2-1-3-7/h4-5,7,14H,1-3,13H2. The van der Waals surface area contributed by atoms with Crippen molar-refractivity contribution in [3.8, 4) is 0 Å². The maximum atomic E-state index is 13.0. The smallest absolute Gasteiger partial charge is 0.151 e. The largest absolute Gasteiger partial charge is 0.395 e. The van der Waals surface area contributed by atoms with Gasteiger partial charge >= 0.3 is 0 Å². The van der Waals surface area contributed by atoms with Gasteiger partial charge in [0.15, 0.2) is 5.82 Å². The molecule has 14 heavy (non-hydrogen) atoms. The van der Waals surface area contributed by atoms with Crippen LogP contribution in [0.25, 0.3) is 0 Å². The number of hydrogen-bond donors (Lipinski definition) is 2. The third kappa shape index (κ3) is 1.64. The molecular formula is C10H12F2N2. The van der Waals surface area contributed by atoms with Gasteiger partial charge in [-0.2, -0.15) is 0 Å². The second-order valence-electron chi connectivity index (χ2n) is 3.62. The summed E-state index contributed by atoms with van der Waals surface area (Å²) in [5.74, 6) is -1.30. The van der Waals surface area contributed by atoms with Crippen molar-refractivity contribution in [2.24, 2.45) is 0 Å². The van der Waals surface area contributed by atoms with Gasteiger partial charge in [-0.15, -0.1) is 0 Å². The minimum atomic E-state index is -0.702. The van der Waals surface area contributed by atoms with Crippen LogP contribution in [0, 0.1) is 11.6 Å². The number of anilines is 2. The summed E-state index contributed by atoms with van der Waals surface area (Å²) < 4.78 is 25.9. The first-order valence-corrected chi connectivity index (χ1v) is 4.68. The molecule has 0 radical (unpaired) electrons. The molecule has 1 aromatic rings. The number of nitrogen functional groups attached to an aromatic ring is 1. The van der Waals surface area contributed by atoms with E-state index in [4.69, 9.17) is 5.73 Å². The van der Waals surface area contributed by atoms with Crippen molar-refractivity contribution in [1.82, 2.24) is 0 Å². The maximum absolute atomic E-state index is 13.0. The van der Waals surface area contributed by atoms with Crippen LogP contribution in [-0.4, -0.2) is 6.04 Å². The highest BCUT2D eigenvalue weighted by molar-refractivity contribution is 5.67. The molecular weight excluding hydrogens is 186 g/mol. The van der Waals surface area contributed by atoms with Gasteiger partial charge in [0.05, 0.1) is 11.4 Å². The van der Waals surface area contributed by atoms with E-state index >= 15 is 0 Å². The molecule has 0 aromatic heterocycles. The Labute approximate surface area is 81.1 Å². The lowest BCUT2D eigenvalue weighted by Crippen LogP contribution is -2.27. The molecule has 0 amide bonds. The normalized spacial score (nSPS) is 16.4. The average Bonchev–Trinajstić information content (AvgIpc) is 2.05. The van der Waals surface area contributed by atoms with E-state index in [1.54, 1.807) is 0 Å². The Balaban J connectivity index is 2.22. The molecule has 1 aliphatic rings. The number of nitrogens with one attached hydrogen (secondary N) is 1. The molecule has 4 heteroatoms. The minimum Gasteiger partial charge on any atom is -0.395 e. The third-order valence-corrected chi connectivity index (χ3v) is 2.56. The van der Waals surface area contributed by atoms with Crippen molar-refractivity contribution in [3.63, 3.8) is 0 Å². The summed E-state index contributed by atoms with van der Waals surface area (Å²) in [7, 11) is 0. The van der Waals surface area contributed by atoms with E-state index < -0.39 is 11.6 Å². The number of halogens is 2. The quantitative estimate of drug-likeness (QED) is 0.716. The van der Waals surface area contributed by atoms with Gasteiger partial charge in [0.2, 0.25) is 0 Å². The molecule has 76 valence electrons. The van der Waals surface area contributed by atoms with Gasteiger partial charge in [0.25, 0.3) is 0 Å². The first-order valence-electron chi connectivity index (χ1n) is 4.68. The second-order valence-corrected chi connectivity index (χ2v) is 3.62. The van der Waals surface area contributed by atoms with E-state index in [0.29, 0.717) is 11.7 Å². The van der Waals surface area contributed by atoms with Crippen LogP contribution in [0.1, 0.15) is 19.3 Å². The van der Waals surface area contributed by atoms with Crippen LogP contribution >= 0.6 is 0 Å². The van der Waals surface area contributed by atoms with Gasteiger partial charge in [-0.1, -0.05) is 0 Å². The molecule has 0 atom stereocenters. The van der Waals surface area contributed by atoms with E-state index in [1.165, 1.54) is 6.07 Å². The zero-order chi connectivity index (χ0) is 10.1. The Bertz CT molecular complexity index is 348. The molecule has 1 aliphatic carbocycles. The maximum Gasteiger partial charge on any atom is 0.151 e. The molecule has 0 unspecified atom stereocenters. The summed E-state index contributed by atoms with van der Waals surface area (Å²) in [4.78, 5) is 0. The van der Waals surface area contributed by atoms with Gasteiger partial charge in [0.1, 0.15) is 5.82 Å². The molecule has 1 saturated carbocycles. The first kappa shape index (κ1) is 9.24. The Morgan fingerprint density at radius 1 is 1.29 bits per heavy atom. The minimum absolute atomic E-state index is 0.00157. The van der Waals surface area contributed by atoms with Crippen molar-refractivity contribution in [2.45, 2.75) is 25.3 Å². The van der Waals surface area contributed by atoms with Gasteiger partial charge in [-0.05, 0) is 25.3 Å². The van der Waals surface area contributed by atoms with Crippen LogP contribution in [0.5, 0.6) is 0 Å². The predicted molar refractivity (Wildman–Crippen MR) is 52.0 cm³/mol. The van der Waals surface area contributed by atoms with Crippen LogP contribution in [0.15, 0.2) is 12.1 Å². The molecule has 0 aliphatic heterocycles. The Morgan fingerprint density at radius 2 is 2.00 bits per heavy atom. The molecule has 0 saturated heterocycles. The highest BCUT2D eigenvalue weighted by Crippen LogP contribution is 2.28. The van der Waals surface area contributed by atoms with Crippen LogP contribution < -0.4 is 11.1 Å². The number of rotatable bonds is 2. The van der Waals surface area contributed by atoms with Crippen LogP contribution in [0.3, 0.4) is 0 Å². The Kier molecular flexibility index (Phi) is 2.27. The van der Waals surface area contributed by atoms with Crippen LogP contribution in [0.4, 0.5) is 20.2 Å². The molecule has 0 spiro atoms. The first-order chi connectivity index (χ1) is 6.66. The van der Waals surface area contributed by atoms with E-state index in [-0.39, 0.29) is 5.69 Å². The Morgan fingerprint density at radius 3 is 2.57 bits per heavy atom. The molecule has 0 bridgehead atoms. The molecule has 3 N–H and O–H groups in total. The van der Waals surface area contributed by atoms with E-state index in [0.717, 1.165) is 25.3 Å². The number of benzene rings is 1. The van der Waals surface area contributed by atoms with Gasteiger partial charge in [-0.25, -0.2) is 8.78 Å². The summed E-state index contributed by atoms with van der Waals surface area (Å²) in [6.07, 6.45) is 3.24. The zero-order valence-electron chi connectivity index (χ0n) is 7.69. The summed E-state index contributed by atoms with van der Waals surface area (Å²) >= 11 is 0. The number of hydrogen-bond acceptors (Lipinski definition) is 2. The van der Waals surface area contributed by atoms with E-state index in [2.05, 4.69) is 5.32 Å². The number of nitrogens with two attached hydrogens (primary N) is 1. The van der Waals surface area contributed by atoms with Crippen molar-refractivity contribution < 1.29 is 8.78 Å². The van der Waals surface area contributed by atoms with Gasteiger partial charge in [0, 0.05) is 12.1 Å². The van der Waals surface area contributed by atoms with E-state index in [1.807, 2.05) is 0 Å². The highest BCUT2D eigenvalue weighted by atomic mass is 19.1. The van der Waals surface area contributed by atoms with Crippen molar-refractivity contribution in [3.05, 3.63) is 23.8 Å². The van der Waals surface area contributed by atoms with E-state index in [9.17, 15) is 8.78 Å². The molecule has 0 heterocycles. The lowest BCUT2D eigenvalue weighted by molar-refractivity contribution is 0.445. The third-order valence-electron chi connectivity index (χ3n) is 2.56. The van der Waals surface area contributed by atoms with Gasteiger partial charge in [-0.3, -0.25) is 0 Å². The average molecular weight is 198 g/mol. The van der Waals surface area contributed by atoms with Crippen LogP contribution in [0.2, 0.25) is 0 Å². The lowest BCUT2D eigenvalue weighted by Gasteiger charge is -2.28. The highest BCUT2D eigenvalue weighted by Gasteiger charge is 2.19. The summed E-state index contributed by atoms with van der Waals surface area (Å²) in [6.45, 7) is 0. The molecule has 2 rings (SSSR count). The Hall–Kier alpha value is -1.32. The molecule has 1 fully saturated rings. The monoisotopic (exact) mass is 198 g/mol. The SMILES string of the molecule is Nc1c(F)cc(F)cc1NC1CCC1. The van der Waals surface area contributed by atoms with Gasteiger partial charge < -0.3 is 11.1 Å². The fourth-order valence-corrected chi connectivity index (χ4v) is 1.48. The molecule has 1 aromatic carbocycles. The van der Waals surface area contributed by atoms with Crippen molar-refractivity contribution >= 4 is 11.4 Å². The zero-order valence-corrected chi connectivity index (χ0v) is 7.69. The fraction of sp³-hybridized carbons (Fsp3) is 0.400. The molecule has 2 nitrogen and oxygen atoms in total. The summed E-state index contributed by atoms with van der Waals surface area (Å²) in [5.41, 5.74) is 5.84.